The Bertz CT molecular complexity index is 1190. The Kier molecular flexibility index (Phi) is 9.01. The van der Waals surface area contributed by atoms with Crippen molar-refractivity contribution in [2.24, 2.45) is 11.8 Å². The maximum absolute atomic E-state index is 12.8. The molecule has 1 aliphatic carbocycles. The molecule has 0 radical (unpaired) electrons. The van der Waals surface area contributed by atoms with E-state index in [2.05, 4.69) is 0 Å². The zero-order valence-electron chi connectivity index (χ0n) is 22.1. The summed E-state index contributed by atoms with van der Waals surface area (Å²) in [5, 5.41) is 59.5. The number of esters is 2. The van der Waals surface area contributed by atoms with Crippen LogP contribution in [0.3, 0.4) is 0 Å². The summed E-state index contributed by atoms with van der Waals surface area (Å²) in [7, 11) is 0. The number of hydrogen-bond acceptors (Lipinski definition) is 13. The van der Waals surface area contributed by atoms with Gasteiger partial charge in [-0.2, -0.15) is 0 Å². The number of aliphatic carboxylic acids is 1. The monoisotopic (exact) mass is 580 g/mol. The van der Waals surface area contributed by atoms with Crippen LogP contribution >= 0.6 is 0 Å². The van der Waals surface area contributed by atoms with Crippen LogP contribution in [0, 0.1) is 11.8 Å². The molecule has 1 saturated heterocycles. The summed E-state index contributed by atoms with van der Waals surface area (Å²) < 4.78 is 28.0. The van der Waals surface area contributed by atoms with Crippen LogP contribution in [-0.2, 0) is 38.1 Å². The molecular weight excluding hydrogens is 548 g/mol. The van der Waals surface area contributed by atoms with E-state index in [1.165, 1.54) is 25.1 Å². The topological polar surface area (TPSA) is 219 Å². The van der Waals surface area contributed by atoms with Crippen molar-refractivity contribution in [2.75, 3.05) is 6.61 Å². The lowest BCUT2D eigenvalue weighted by Gasteiger charge is -2.44. The molecule has 2 heterocycles. The van der Waals surface area contributed by atoms with E-state index in [4.69, 9.17) is 23.7 Å². The summed E-state index contributed by atoms with van der Waals surface area (Å²) in [6.07, 6.45) is -7.42. The van der Waals surface area contributed by atoms with Crippen molar-refractivity contribution in [1.29, 1.82) is 0 Å². The van der Waals surface area contributed by atoms with Gasteiger partial charge in [0.05, 0.1) is 24.4 Å². The van der Waals surface area contributed by atoms with Crippen molar-refractivity contribution in [2.45, 2.75) is 69.0 Å². The number of carboxylic acids is 1. The standard InChI is InChI=1S/C27H32O14/c1-12(29)41-27(2)9-16(38-18(31)8-5-13-3-6-14(30)7-4-13)19-15(24(35)36)11-37-25(20(19)27)40-26-23(34)22(33)21(32)17(10-28)39-26/h3-8,11,16-17,19-23,25-26,28,30,32-34H,9-10H2,1-2H3,(H,35,36)/b8-5+/t16-,17-,19+,20-,21-,22+,23-,25?,26+,27+/m1/s1. The lowest BCUT2D eigenvalue weighted by atomic mass is 9.80. The molecule has 1 aromatic rings. The fraction of sp³-hybridized carbons (Fsp3) is 0.519. The number of carbonyl (C=O) groups excluding carboxylic acids is 2. The molecule has 2 aliphatic heterocycles. The predicted octanol–water partition coefficient (Wildman–Crippen LogP) is -0.584. The maximum atomic E-state index is 12.8. The zero-order chi connectivity index (χ0) is 30.1. The molecule has 4 rings (SSSR count). The Hall–Kier alpha value is -3.53. The van der Waals surface area contributed by atoms with Gasteiger partial charge in [-0.3, -0.25) is 4.79 Å². The highest BCUT2D eigenvalue weighted by molar-refractivity contribution is 5.89. The fourth-order valence-electron chi connectivity index (χ4n) is 5.54. The first kappa shape index (κ1) is 30.4. The molecule has 14 nitrogen and oxygen atoms in total. The second-order valence-corrected chi connectivity index (χ2v) is 10.3. The first-order valence-corrected chi connectivity index (χ1v) is 12.8. The van der Waals surface area contributed by atoms with Crippen LogP contribution in [0.2, 0.25) is 0 Å². The van der Waals surface area contributed by atoms with Gasteiger partial charge in [0.15, 0.2) is 6.29 Å². The second-order valence-electron chi connectivity index (χ2n) is 10.3. The highest BCUT2D eigenvalue weighted by atomic mass is 16.8. The third kappa shape index (κ3) is 6.37. The van der Waals surface area contributed by atoms with Gasteiger partial charge in [-0.15, -0.1) is 0 Å². The lowest BCUT2D eigenvalue weighted by Crippen LogP contribution is -2.61. The number of aromatic hydroxyl groups is 1. The maximum Gasteiger partial charge on any atom is 0.335 e. The molecule has 14 heteroatoms. The van der Waals surface area contributed by atoms with E-state index in [0.717, 1.165) is 19.3 Å². The minimum Gasteiger partial charge on any atom is -0.508 e. The van der Waals surface area contributed by atoms with Crippen molar-refractivity contribution < 1.29 is 68.7 Å². The minimum absolute atomic E-state index is 0.0412. The number of carbonyl (C=O) groups is 3. The van der Waals surface area contributed by atoms with E-state index in [9.17, 15) is 45.0 Å². The van der Waals surface area contributed by atoms with Crippen LogP contribution in [0.1, 0.15) is 25.8 Å². The molecule has 1 unspecified atom stereocenters. The molecular formula is C27H32O14. The van der Waals surface area contributed by atoms with E-state index in [0.29, 0.717) is 5.56 Å². The molecule has 224 valence electrons. The van der Waals surface area contributed by atoms with Gasteiger partial charge in [0, 0.05) is 25.3 Å². The SMILES string of the molecule is CC(=O)O[C@@]1(C)C[C@@H](OC(=O)/C=C/c2ccc(O)cc2)[C@@H]2C(C(=O)O)=COC(O[C@@H]3O[C@H](CO)[C@@H](O)[C@H](O)[C@H]3O)[C@@H]21. The Morgan fingerprint density at radius 2 is 1.76 bits per heavy atom. The molecule has 0 bridgehead atoms. The zero-order valence-corrected chi connectivity index (χ0v) is 22.1. The number of rotatable bonds is 8. The van der Waals surface area contributed by atoms with Crippen molar-refractivity contribution in [3.8, 4) is 5.75 Å². The summed E-state index contributed by atoms with van der Waals surface area (Å²) in [4.78, 5) is 37.1. The number of phenolic OH excluding ortho intramolecular Hbond substituents is 1. The van der Waals surface area contributed by atoms with Crippen LogP contribution < -0.4 is 0 Å². The highest BCUT2D eigenvalue weighted by Crippen LogP contribution is 2.52. The smallest absolute Gasteiger partial charge is 0.335 e. The number of fused-ring (bicyclic) bond motifs is 1. The van der Waals surface area contributed by atoms with Crippen LogP contribution in [0.25, 0.3) is 6.08 Å². The number of carboxylic acid groups (broad SMARTS) is 1. The molecule has 10 atom stereocenters. The minimum atomic E-state index is -1.79. The van der Waals surface area contributed by atoms with E-state index >= 15 is 0 Å². The summed E-state index contributed by atoms with van der Waals surface area (Å²) in [6, 6.07) is 5.98. The molecule has 41 heavy (non-hydrogen) atoms. The quantitative estimate of drug-likeness (QED) is 0.167. The van der Waals surface area contributed by atoms with Gasteiger partial charge in [0.1, 0.15) is 41.9 Å². The molecule has 0 aromatic heterocycles. The second kappa shape index (κ2) is 12.1. The van der Waals surface area contributed by atoms with Crippen molar-refractivity contribution in [3.63, 3.8) is 0 Å². The summed E-state index contributed by atoms with van der Waals surface area (Å²) >= 11 is 0. The number of aliphatic hydroxyl groups excluding tert-OH is 4. The van der Waals surface area contributed by atoms with Crippen LogP contribution in [0.15, 0.2) is 42.2 Å². The van der Waals surface area contributed by atoms with Gasteiger partial charge in [-0.25, -0.2) is 9.59 Å². The Morgan fingerprint density at radius 1 is 1.07 bits per heavy atom. The summed E-state index contributed by atoms with van der Waals surface area (Å²) in [5.74, 6) is -5.13. The number of phenols is 1. The first-order valence-electron chi connectivity index (χ1n) is 12.8. The molecule has 6 N–H and O–H groups in total. The summed E-state index contributed by atoms with van der Waals surface area (Å²) in [5.41, 5.74) is -1.21. The van der Waals surface area contributed by atoms with Gasteiger partial charge in [0.25, 0.3) is 0 Å². The van der Waals surface area contributed by atoms with Gasteiger partial charge < -0.3 is 54.3 Å². The number of hydrogen-bond donors (Lipinski definition) is 6. The van der Waals surface area contributed by atoms with E-state index < -0.39 is 85.1 Å². The van der Waals surface area contributed by atoms with E-state index in [1.807, 2.05) is 0 Å². The van der Waals surface area contributed by atoms with Gasteiger partial charge in [0.2, 0.25) is 6.29 Å². The number of aliphatic hydroxyl groups is 4. The molecule has 0 spiro atoms. The predicted molar refractivity (Wildman–Crippen MR) is 134 cm³/mol. The highest BCUT2D eigenvalue weighted by Gasteiger charge is 2.63. The van der Waals surface area contributed by atoms with Crippen LogP contribution in [0.5, 0.6) is 5.75 Å². The van der Waals surface area contributed by atoms with Gasteiger partial charge >= 0.3 is 17.9 Å². The third-order valence-corrected chi connectivity index (χ3v) is 7.39. The van der Waals surface area contributed by atoms with Crippen LogP contribution in [0.4, 0.5) is 0 Å². The average Bonchev–Trinajstić information content (AvgIpc) is 3.19. The largest absolute Gasteiger partial charge is 0.508 e. The third-order valence-electron chi connectivity index (χ3n) is 7.39. The van der Waals surface area contributed by atoms with E-state index in [-0.39, 0.29) is 17.7 Å². The molecule has 2 fully saturated rings. The molecule has 3 aliphatic rings. The normalized spacial score (nSPS) is 36.6. The van der Waals surface area contributed by atoms with Crippen molar-refractivity contribution >= 4 is 24.0 Å². The van der Waals surface area contributed by atoms with Crippen molar-refractivity contribution in [1.82, 2.24) is 0 Å². The molecule has 0 amide bonds. The Balaban J connectivity index is 1.63. The average molecular weight is 581 g/mol. The molecule has 1 aromatic carbocycles. The van der Waals surface area contributed by atoms with E-state index in [1.54, 1.807) is 12.1 Å². The lowest BCUT2D eigenvalue weighted by molar-refractivity contribution is -0.346. The van der Waals surface area contributed by atoms with Crippen molar-refractivity contribution in [3.05, 3.63) is 47.7 Å². The molecule has 1 saturated carbocycles. The first-order chi connectivity index (χ1) is 19.3. The number of benzene rings is 1. The van der Waals surface area contributed by atoms with Gasteiger partial charge in [-0.05, 0) is 30.7 Å². The van der Waals surface area contributed by atoms with Crippen LogP contribution in [-0.4, -0.2) is 104 Å². The Labute approximate surface area is 234 Å². The fourth-order valence-corrected chi connectivity index (χ4v) is 5.54. The van der Waals surface area contributed by atoms with Gasteiger partial charge in [-0.1, -0.05) is 12.1 Å². The summed E-state index contributed by atoms with van der Waals surface area (Å²) in [6.45, 7) is 1.92. The number of ether oxygens (including phenoxy) is 5. The Morgan fingerprint density at radius 3 is 2.37 bits per heavy atom.